The van der Waals surface area contributed by atoms with E-state index in [0.29, 0.717) is 36.6 Å². The van der Waals surface area contributed by atoms with Crippen molar-refractivity contribution in [3.63, 3.8) is 0 Å². The molecule has 3 aromatic carbocycles. The molecule has 0 saturated carbocycles. The summed E-state index contributed by atoms with van der Waals surface area (Å²) in [5.41, 5.74) is 9.32. The molecule has 0 saturated heterocycles. The van der Waals surface area contributed by atoms with Crippen LogP contribution in [-0.4, -0.2) is 24.2 Å². The molecule has 1 amide bonds. The summed E-state index contributed by atoms with van der Waals surface area (Å²) in [5, 5.41) is 12.3. The average molecular weight is 390 g/mol. The SMILES string of the molecule is Nc1ccc(C(=O)NCCCc2ccccc2)cc1OCCc1ccc(O)cc1. The molecule has 0 fully saturated rings. The molecule has 0 spiro atoms. The highest BCUT2D eigenvalue weighted by molar-refractivity contribution is 5.95. The fourth-order valence-electron chi connectivity index (χ4n) is 2.98. The number of nitrogens with two attached hydrogens (primary N) is 1. The Morgan fingerprint density at radius 3 is 2.41 bits per heavy atom. The summed E-state index contributed by atoms with van der Waals surface area (Å²) in [6, 6.07) is 22.3. The topological polar surface area (TPSA) is 84.6 Å². The van der Waals surface area contributed by atoms with Gasteiger partial charge in [0.25, 0.3) is 5.91 Å². The Kier molecular flexibility index (Phi) is 7.11. The molecule has 150 valence electrons. The number of hydrogen-bond acceptors (Lipinski definition) is 4. The summed E-state index contributed by atoms with van der Waals surface area (Å²) in [4.78, 5) is 12.4. The number of carbonyl (C=O) groups excluding carboxylic acids is 1. The molecule has 0 bridgehead atoms. The van der Waals surface area contributed by atoms with E-state index >= 15 is 0 Å². The van der Waals surface area contributed by atoms with Gasteiger partial charge in [-0.1, -0.05) is 42.5 Å². The Labute approximate surface area is 171 Å². The van der Waals surface area contributed by atoms with Crippen LogP contribution in [0, 0.1) is 0 Å². The zero-order valence-electron chi connectivity index (χ0n) is 16.3. The number of nitrogens with one attached hydrogen (secondary N) is 1. The van der Waals surface area contributed by atoms with E-state index < -0.39 is 0 Å². The third-order valence-corrected chi connectivity index (χ3v) is 4.63. The van der Waals surface area contributed by atoms with E-state index in [0.717, 1.165) is 18.4 Å². The van der Waals surface area contributed by atoms with Gasteiger partial charge in [-0.25, -0.2) is 0 Å². The fraction of sp³-hybridized carbons (Fsp3) is 0.208. The predicted octanol–water partition coefficient (Wildman–Crippen LogP) is 3.96. The minimum Gasteiger partial charge on any atom is -0.508 e. The molecule has 0 heterocycles. The van der Waals surface area contributed by atoms with Gasteiger partial charge in [0, 0.05) is 18.5 Å². The molecule has 0 aromatic heterocycles. The van der Waals surface area contributed by atoms with Gasteiger partial charge >= 0.3 is 0 Å². The number of anilines is 1. The van der Waals surface area contributed by atoms with Crippen molar-refractivity contribution in [1.29, 1.82) is 0 Å². The maximum atomic E-state index is 12.4. The number of rotatable bonds is 9. The Morgan fingerprint density at radius 1 is 0.931 bits per heavy atom. The lowest BCUT2D eigenvalue weighted by atomic mass is 10.1. The molecule has 3 rings (SSSR count). The first-order valence-electron chi connectivity index (χ1n) is 9.74. The molecular weight excluding hydrogens is 364 g/mol. The predicted molar refractivity (Wildman–Crippen MR) is 115 cm³/mol. The lowest BCUT2D eigenvalue weighted by Gasteiger charge is -2.11. The number of hydrogen-bond donors (Lipinski definition) is 3. The van der Waals surface area contributed by atoms with Crippen molar-refractivity contribution in [1.82, 2.24) is 5.32 Å². The first-order chi connectivity index (χ1) is 14.1. The van der Waals surface area contributed by atoms with Gasteiger partial charge < -0.3 is 20.9 Å². The second kappa shape index (κ2) is 10.2. The van der Waals surface area contributed by atoms with Crippen molar-refractivity contribution in [3.05, 3.63) is 89.5 Å². The first-order valence-corrected chi connectivity index (χ1v) is 9.74. The van der Waals surface area contributed by atoms with Crippen LogP contribution in [0.4, 0.5) is 5.69 Å². The van der Waals surface area contributed by atoms with Crippen molar-refractivity contribution < 1.29 is 14.6 Å². The third kappa shape index (κ3) is 6.28. The summed E-state index contributed by atoms with van der Waals surface area (Å²) in [5.74, 6) is 0.601. The first kappa shape index (κ1) is 20.3. The van der Waals surface area contributed by atoms with Gasteiger partial charge in [0.15, 0.2) is 0 Å². The Bertz CT molecular complexity index is 925. The molecule has 0 aliphatic carbocycles. The minimum atomic E-state index is -0.138. The maximum absolute atomic E-state index is 12.4. The highest BCUT2D eigenvalue weighted by atomic mass is 16.5. The maximum Gasteiger partial charge on any atom is 0.251 e. The Hall–Kier alpha value is -3.47. The van der Waals surface area contributed by atoms with Crippen molar-refractivity contribution >= 4 is 11.6 Å². The van der Waals surface area contributed by atoms with Crippen LogP contribution in [0.2, 0.25) is 0 Å². The number of phenolic OH excluding ortho intramolecular Hbond substituents is 1. The monoisotopic (exact) mass is 390 g/mol. The van der Waals surface area contributed by atoms with Crippen molar-refractivity contribution in [2.24, 2.45) is 0 Å². The van der Waals surface area contributed by atoms with E-state index in [2.05, 4.69) is 17.4 Å². The van der Waals surface area contributed by atoms with Gasteiger partial charge in [0.1, 0.15) is 11.5 Å². The second-order valence-corrected chi connectivity index (χ2v) is 6.86. The van der Waals surface area contributed by atoms with Gasteiger partial charge in [-0.3, -0.25) is 4.79 Å². The van der Waals surface area contributed by atoms with E-state index in [4.69, 9.17) is 10.5 Å². The summed E-state index contributed by atoms with van der Waals surface area (Å²) >= 11 is 0. The van der Waals surface area contributed by atoms with Crippen LogP contribution in [0.5, 0.6) is 11.5 Å². The van der Waals surface area contributed by atoms with Crippen molar-refractivity contribution in [3.8, 4) is 11.5 Å². The van der Waals surface area contributed by atoms with Gasteiger partial charge in [0.05, 0.1) is 12.3 Å². The number of phenols is 1. The number of aromatic hydroxyl groups is 1. The Morgan fingerprint density at radius 2 is 1.66 bits per heavy atom. The molecule has 29 heavy (non-hydrogen) atoms. The summed E-state index contributed by atoms with van der Waals surface area (Å²) in [7, 11) is 0. The second-order valence-electron chi connectivity index (χ2n) is 6.86. The van der Waals surface area contributed by atoms with Crippen LogP contribution in [-0.2, 0) is 12.8 Å². The average Bonchev–Trinajstić information content (AvgIpc) is 2.74. The molecule has 5 nitrogen and oxygen atoms in total. The highest BCUT2D eigenvalue weighted by Crippen LogP contribution is 2.23. The van der Waals surface area contributed by atoms with Crippen molar-refractivity contribution in [2.75, 3.05) is 18.9 Å². The van der Waals surface area contributed by atoms with Gasteiger partial charge in [-0.2, -0.15) is 0 Å². The van der Waals surface area contributed by atoms with Crippen molar-refractivity contribution in [2.45, 2.75) is 19.3 Å². The lowest BCUT2D eigenvalue weighted by molar-refractivity contribution is 0.0953. The van der Waals surface area contributed by atoms with E-state index in [1.165, 1.54) is 5.56 Å². The number of aryl methyl sites for hydroxylation is 1. The summed E-state index contributed by atoms with van der Waals surface area (Å²) in [6.45, 7) is 1.03. The van der Waals surface area contributed by atoms with Gasteiger partial charge in [-0.15, -0.1) is 0 Å². The number of carbonyl (C=O) groups is 1. The number of benzene rings is 3. The summed E-state index contributed by atoms with van der Waals surface area (Å²) in [6.07, 6.45) is 2.48. The van der Waals surface area contributed by atoms with Crippen LogP contribution in [0.1, 0.15) is 27.9 Å². The molecule has 5 heteroatoms. The third-order valence-electron chi connectivity index (χ3n) is 4.63. The van der Waals surface area contributed by atoms with Crippen LogP contribution < -0.4 is 15.8 Å². The zero-order chi connectivity index (χ0) is 20.5. The zero-order valence-corrected chi connectivity index (χ0v) is 16.3. The van der Waals surface area contributed by atoms with Gasteiger partial charge in [-0.05, 0) is 54.3 Å². The normalized spacial score (nSPS) is 10.5. The number of ether oxygens (including phenoxy) is 1. The molecule has 0 aliphatic rings. The summed E-state index contributed by atoms with van der Waals surface area (Å²) < 4.78 is 5.78. The standard InChI is InChI=1S/C24H26N2O3/c25-22-13-10-20(24(28)26-15-4-7-18-5-2-1-3-6-18)17-23(22)29-16-14-19-8-11-21(27)12-9-19/h1-3,5-6,8-13,17,27H,4,7,14-16,25H2,(H,26,28). The molecular formula is C24H26N2O3. The van der Waals surface area contributed by atoms with Crippen LogP contribution in [0.15, 0.2) is 72.8 Å². The minimum absolute atomic E-state index is 0.138. The Balaban J connectivity index is 1.48. The van der Waals surface area contributed by atoms with E-state index in [9.17, 15) is 9.90 Å². The largest absolute Gasteiger partial charge is 0.508 e. The lowest BCUT2D eigenvalue weighted by Crippen LogP contribution is -2.24. The quantitative estimate of drug-likeness (QED) is 0.381. The van der Waals surface area contributed by atoms with Crippen LogP contribution in [0.25, 0.3) is 0 Å². The molecule has 0 unspecified atom stereocenters. The smallest absolute Gasteiger partial charge is 0.251 e. The molecule has 0 atom stereocenters. The van der Waals surface area contributed by atoms with E-state index in [1.807, 2.05) is 30.3 Å². The fourth-order valence-corrected chi connectivity index (χ4v) is 2.98. The molecule has 0 radical (unpaired) electrons. The highest BCUT2D eigenvalue weighted by Gasteiger charge is 2.09. The van der Waals surface area contributed by atoms with Gasteiger partial charge in [0.2, 0.25) is 0 Å². The van der Waals surface area contributed by atoms with Crippen LogP contribution in [0.3, 0.4) is 0 Å². The number of nitrogen functional groups attached to an aromatic ring is 1. The number of amides is 1. The van der Waals surface area contributed by atoms with E-state index in [-0.39, 0.29) is 11.7 Å². The van der Waals surface area contributed by atoms with E-state index in [1.54, 1.807) is 30.3 Å². The molecule has 4 N–H and O–H groups in total. The molecule has 3 aromatic rings. The van der Waals surface area contributed by atoms with Crippen LogP contribution >= 0.6 is 0 Å². The molecule has 0 aliphatic heterocycles.